The average Bonchev–Trinajstić information content (AvgIpc) is 3.98. The zero-order valence-corrected chi connectivity index (χ0v) is 37.0. The van der Waals surface area contributed by atoms with Crippen LogP contribution in [0.3, 0.4) is 0 Å². The van der Waals surface area contributed by atoms with E-state index in [-0.39, 0.29) is 62.2 Å². The second-order valence-corrected chi connectivity index (χ2v) is 17.7. The Hall–Kier alpha value is -6.05. The number of carbonyl (C=O) groups excluding carboxylic acids is 7. The van der Waals surface area contributed by atoms with Gasteiger partial charge in [0.1, 0.15) is 40.5 Å². The van der Waals surface area contributed by atoms with Gasteiger partial charge in [0, 0.05) is 36.8 Å². The van der Waals surface area contributed by atoms with Crippen molar-refractivity contribution < 1.29 is 67.3 Å². The number of nitro groups is 1. The summed E-state index contributed by atoms with van der Waals surface area (Å²) in [5, 5.41) is 26.2. The van der Waals surface area contributed by atoms with Gasteiger partial charge < -0.3 is 39.4 Å². The number of likely N-dealkylation sites (tertiary alicyclic amines) is 2. The molecule has 0 aromatic heterocycles. The van der Waals surface area contributed by atoms with Crippen LogP contribution in [0.25, 0.3) is 0 Å². The van der Waals surface area contributed by atoms with Gasteiger partial charge in [-0.3, -0.25) is 29.5 Å². The second kappa shape index (κ2) is 19.6. The minimum atomic E-state index is -1.26. The number of nitrogens with one attached hydrogen (secondary N) is 2. The minimum absolute atomic E-state index is 0.00426. The van der Waals surface area contributed by atoms with Crippen molar-refractivity contribution in [2.45, 2.75) is 128 Å². The molecule has 2 saturated carbocycles. The molecule has 2 aliphatic heterocycles. The van der Waals surface area contributed by atoms with E-state index in [1.807, 2.05) is 0 Å². The van der Waals surface area contributed by atoms with Crippen molar-refractivity contribution in [3.05, 3.63) is 65.3 Å². The molecule has 20 nitrogen and oxygen atoms in total. The minimum Gasteiger partial charge on any atom is -0.464 e. The lowest BCUT2D eigenvalue weighted by atomic mass is 10.1. The van der Waals surface area contributed by atoms with E-state index < -0.39 is 93.4 Å². The number of hydrogen-bond donors (Lipinski definition) is 3. The van der Waals surface area contributed by atoms with E-state index in [2.05, 4.69) is 23.8 Å². The van der Waals surface area contributed by atoms with Crippen LogP contribution in [-0.4, -0.2) is 135 Å². The number of aliphatic hydroxyl groups is 1. The van der Waals surface area contributed by atoms with Gasteiger partial charge in [-0.2, -0.15) is 0 Å². The average molecular weight is 886 g/mol. The first-order chi connectivity index (χ1) is 29.3. The molecule has 4 fully saturated rings. The second-order valence-electron chi connectivity index (χ2n) is 17.7. The predicted octanol–water partition coefficient (Wildman–Crippen LogP) is 3.73. The maximum Gasteiger partial charge on any atom is 0.411 e. The molecule has 2 saturated heterocycles. The molecule has 4 aliphatic rings. The lowest BCUT2D eigenvalue weighted by molar-refractivity contribution is -0.384. The molecule has 20 heteroatoms. The largest absolute Gasteiger partial charge is 0.464 e. The Morgan fingerprint density at radius 3 is 1.59 bits per heavy atom. The molecule has 4 amide bonds. The molecule has 2 aliphatic carbocycles. The van der Waals surface area contributed by atoms with Crippen LogP contribution in [0.2, 0.25) is 0 Å². The van der Waals surface area contributed by atoms with E-state index in [4.69, 9.17) is 23.7 Å². The van der Waals surface area contributed by atoms with Crippen LogP contribution in [0.15, 0.2) is 49.6 Å². The third-order valence-electron chi connectivity index (χ3n) is 10.6. The molecule has 3 N–H and O–H groups in total. The van der Waals surface area contributed by atoms with E-state index in [0.717, 1.165) is 0 Å². The Kier molecular flexibility index (Phi) is 15.4. The van der Waals surface area contributed by atoms with Crippen LogP contribution in [-0.2, 0) is 42.9 Å². The molecule has 0 bridgehead atoms. The van der Waals surface area contributed by atoms with Gasteiger partial charge in [0.05, 0.1) is 42.9 Å². The van der Waals surface area contributed by atoms with Crippen molar-refractivity contribution in [3.63, 3.8) is 0 Å². The number of nitro benzene ring substituents is 1. The molecule has 0 unspecified atom stereocenters. The summed E-state index contributed by atoms with van der Waals surface area (Å²) >= 11 is 0. The first-order valence-electron chi connectivity index (χ1n) is 20.7. The SMILES string of the molecule is C=C[C@@H]1C[C@]1(NC(=O)[C@@H]1C[C@@H](O)CN1C(=O)OC(C)(C)C)C(=O)OCC.C=C[C@@H]1C[C@]1(NC(=O)[C@@H]1C[C@@H](OC(=O)c2ccc([N+](=O)[O-])cc2)CN1C(=O)OC(C)(C)C)C(=O)OCC. The molecule has 8 atom stereocenters. The molecule has 1 aromatic rings. The number of ether oxygens (including phenoxy) is 5. The molecule has 63 heavy (non-hydrogen) atoms. The summed E-state index contributed by atoms with van der Waals surface area (Å²) < 4.78 is 26.5. The van der Waals surface area contributed by atoms with Gasteiger partial charge in [0.25, 0.3) is 5.69 Å². The monoisotopic (exact) mass is 885 g/mol. The summed E-state index contributed by atoms with van der Waals surface area (Å²) in [4.78, 5) is 102. The molecule has 2 heterocycles. The van der Waals surface area contributed by atoms with Gasteiger partial charge in [-0.05, 0) is 80.4 Å². The van der Waals surface area contributed by atoms with E-state index in [9.17, 15) is 48.8 Å². The van der Waals surface area contributed by atoms with Gasteiger partial charge >= 0.3 is 30.1 Å². The summed E-state index contributed by atoms with van der Waals surface area (Å²) in [6.45, 7) is 21.1. The Bertz CT molecular complexity index is 1960. The number of esters is 3. The number of non-ortho nitro benzene ring substituents is 1. The van der Waals surface area contributed by atoms with E-state index in [1.165, 1.54) is 34.1 Å². The van der Waals surface area contributed by atoms with E-state index in [1.54, 1.807) is 67.5 Å². The van der Waals surface area contributed by atoms with Crippen LogP contribution in [0.4, 0.5) is 15.3 Å². The fourth-order valence-electron chi connectivity index (χ4n) is 7.31. The van der Waals surface area contributed by atoms with Crippen LogP contribution in [0.1, 0.15) is 91.4 Å². The number of amides is 4. The molecule has 346 valence electrons. The zero-order chi connectivity index (χ0) is 47.2. The maximum absolute atomic E-state index is 13.3. The Morgan fingerprint density at radius 2 is 1.21 bits per heavy atom. The van der Waals surface area contributed by atoms with Gasteiger partial charge in [-0.25, -0.2) is 24.0 Å². The topological polar surface area (TPSA) is 260 Å². The summed E-state index contributed by atoms with van der Waals surface area (Å²) in [6, 6.07) is 2.89. The third kappa shape index (κ3) is 12.1. The molecular formula is C43H59N5O15. The Morgan fingerprint density at radius 1 is 0.778 bits per heavy atom. The highest BCUT2D eigenvalue weighted by Crippen LogP contribution is 2.47. The first kappa shape index (κ1) is 49.6. The number of benzene rings is 1. The first-order valence-corrected chi connectivity index (χ1v) is 20.7. The van der Waals surface area contributed by atoms with Crippen molar-refractivity contribution in [2.24, 2.45) is 11.8 Å². The molecule has 0 spiro atoms. The smallest absolute Gasteiger partial charge is 0.411 e. The highest BCUT2D eigenvalue weighted by molar-refractivity contribution is 5.96. The molecule has 0 radical (unpaired) electrons. The fraction of sp³-hybridized carbons (Fsp3) is 0.605. The van der Waals surface area contributed by atoms with Crippen LogP contribution < -0.4 is 10.6 Å². The van der Waals surface area contributed by atoms with Crippen molar-refractivity contribution >= 4 is 47.6 Å². The lowest BCUT2D eigenvalue weighted by Crippen LogP contribution is -2.53. The van der Waals surface area contributed by atoms with Crippen molar-refractivity contribution in [3.8, 4) is 0 Å². The third-order valence-corrected chi connectivity index (χ3v) is 10.6. The standard InChI is InChI=1S/C25H31N3O9.C18H28N2O6/c1-6-16-13-25(16,22(31)35-7-2)26-20(29)19-12-18(14-27(19)23(32)37-24(3,4)5)36-21(30)15-8-10-17(11-9-15)28(33)34;1-6-11-9-18(11,15(23)25-7-2)19-14(22)13-8-12(21)10-20(13)16(24)26-17(3,4)5/h6,8-11,16,18-19H,1,7,12-14H2,2-5H3,(H,26,29);6,11-13,21H,1,7-10H2,2-5H3,(H,19,22)/t16-,18-,19+,25-;11-,12-,13+,18-/m11/s1. The maximum atomic E-state index is 13.3. The van der Waals surface area contributed by atoms with Crippen molar-refractivity contribution in [1.29, 1.82) is 0 Å². The number of aliphatic hydroxyl groups excluding tert-OH is 1. The summed E-state index contributed by atoms with van der Waals surface area (Å²) in [5.41, 5.74) is -4.07. The molecular weight excluding hydrogens is 826 g/mol. The normalized spacial score (nSPS) is 27.0. The lowest BCUT2D eigenvalue weighted by Gasteiger charge is -2.29. The highest BCUT2D eigenvalue weighted by atomic mass is 16.6. The van der Waals surface area contributed by atoms with Gasteiger partial charge in [-0.15, -0.1) is 13.2 Å². The number of rotatable bonds is 13. The number of carbonyl (C=O) groups is 7. The predicted molar refractivity (Wildman–Crippen MR) is 223 cm³/mol. The van der Waals surface area contributed by atoms with Gasteiger partial charge in [-0.1, -0.05) is 12.2 Å². The Labute approximate surface area is 365 Å². The van der Waals surface area contributed by atoms with Crippen LogP contribution in [0.5, 0.6) is 0 Å². The summed E-state index contributed by atoms with van der Waals surface area (Å²) in [5.74, 6) is -3.52. The van der Waals surface area contributed by atoms with Crippen LogP contribution >= 0.6 is 0 Å². The van der Waals surface area contributed by atoms with Gasteiger partial charge in [0.2, 0.25) is 11.8 Å². The Balaban J connectivity index is 0.000000294. The van der Waals surface area contributed by atoms with E-state index >= 15 is 0 Å². The van der Waals surface area contributed by atoms with Crippen molar-refractivity contribution in [1.82, 2.24) is 20.4 Å². The molecule has 5 rings (SSSR count). The highest BCUT2D eigenvalue weighted by Gasteiger charge is 2.63. The quantitative estimate of drug-likeness (QED) is 0.0838. The number of β-amino-alcohol motifs (C(OH)–C–C–N with tert-alkyl or cyclic N) is 1. The van der Waals surface area contributed by atoms with Crippen LogP contribution in [0, 0.1) is 22.0 Å². The zero-order valence-electron chi connectivity index (χ0n) is 37.0. The summed E-state index contributed by atoms with van der Waals surface area (Å²) in [7, 11) is 0. The molecule has 1 aromatic carbocycles. The summed E-state index contributed by atoms with van der Waals surface area (Å²) in [6.07, 6.45) is 0.799. The van der Waals surface area contributed by atoms with Gasteiger partial charge in [0.15, 0.2) is 0 Å². The van der Waals surface area contributed by atoms with E-state index in [0.29, 0.717) is 12.8 Å². The fourth-order valence-corrected chi connectivity index (χ4v) is 7.31. The number of nitrogens with zero attached hydrogens (tertiary/aromatic N) is 3. The number of hydrogen-bond acceptors (Lipinski definition) is 15. The van der Waals surface area contributed by atoms with Crippen molar-refractivity contribution in [2.75, 3.05) is 26.3 Å².